The average molecular weight is 493 g/mol. The van der Waals surface area contributed by atoms with Crippen LogP contribution in [0.15, 0.2) is 48.8 Å². The molecule has 34 heavy (non-hydrogen) atoms. The molecule has 2 heterocycles. The Balaban J connectivity index is 1.56. The molecule has 2 aromatic carbocycles. The maximum absolute atomic E-state index is 12.5. The molecule has 0 radical (unpaired) electrons. The van der Waals surface area contributed by atoms with Crippen LogP contribution in [0.4, 0.5) is 24.7 Å². The van der Waals surface area contributed by atoms with Gasteiger partial charge < -0.3 is 20.9 Å². The molecule has 0 aliphatic carbocycles. The molecule has 2 aromatic heterocycles. The number of nitrogen functional groups attached to an aromatic ring is 1. The highest BCUT2D eigenvalue weighted by Crippen LogP contribution is 2.30. The number of hydrogen-bond acceptors (Lipinski definition) is 7. The second kappa shape index (κ2) is 8.80. The number of aromatic nitrogens is 4. The number of halogens is 4. The van der Waals surface area contributed by atoms with E-state index >= 15 is 0 Å². The van der Waals surface area contributed by atoms with E-state index in [1.165, 1.54) is 35.3 Å². The Morgan fingerprint density at radius 3 is 2.71 bits per heavy atom. The number of amides is 1. The maximum atomic E-state index is 12.5. The molecular weight excluding hydrogens is 477 g/mol. The number of fused-ring (bicyclic) bond motifs is 1. The molecule has 0 aliphatic rings. The molecule has 4 N–H and O–H groups in total. The summed E-state index contributed by atoms with van der Waals surface area (Å²) in [6, 6.07) is 9.00. The lowest BCUT2D eigenvalue weighted by atomic mass is 10.1. The van der Waals surface area contributed by atoms with Gasteiger partial charge in [-0.2, -0.15) is 5.10 Å². The summed E-state index contributed by atoms with van der Waals surface area (Å²) in [5.74, 6) is -1.24. The Morgan fingerprint density at radius 1 is 1.24 bits per heavy atom. The lowest BCUT2D eigenvalue weighted by molar-refractivity contribution is -0.274. The molecule has 1 atom stereocenters. The number of aliphatic hydroxyl groups is 1. The van der Waals surface area contributed by atoms with Crippen molar-refractivity contribution in [3.05, 3.63) is 65.1 Å². The minimum atomic E-state index is -4.90. The number of aryl methyl sites for hydroxylation is 1. The van der Waals surface area contributed by atoms with Crippen molar-refractivity contribution in [1.82, 2.24) is 19.7 Å². The minimum absolute atomic E-state index is 0.0871. The molecule has 0 saturated carbocycles. The van der Waals surface area contributed by atoms with Gasteiger partial charge in [-0.15, -0.1) is 13.2 Å². The van der Waals surface area contributed by atoms with Crippen molar-refractivity contribution >= 4 is 40.0 Å². The van der Waals surface area contributed by atoms with Gasteiger partial charge in [0.15, 0.2) is 11.9 Å². The van der Waals surface area contributed by atoms with Gasteiger partial charge in [0, 0.05) is 5.69 Å². The van der Waals surface area contributed by atoms with Gasteiger partial charge in [0.1, 0.15) is 23.1 Å². The number of carbonyl (C=O) groups excluding carboxylic acids is 1. The molecule has 0 unspecified atom stereocenters. The summed E-state index contributed by atoms with van der Waals surface area (Å²) in [6.45, 7) is 1.75. The summed E-state index contributed by atoms with van der Waals surface area (Å²) >= 11 is 6.41. The van der Waals surface area contributed by atoms with Crippen molar-refractivity contribution < 1.29 is 27.8 Å². The standard InChI is InChI=1S/C21H16ClF3N6O3/c1-10-16-17(19(26)28-9-27-16)31(30-10)15-6-5-12(8-14(15)22)29-20(33)18(32)11-3-2-4-13(7-11)34-21(23,24)25/h2-9,18,32H,1H3,(H,29,33)(H2,26,27,28)/t18-/m1/s1. The summed E-state index contributed by atoms with van der Waals surface area (Å²) in [5, 5.41) is 17.4. The summed E-state index contributed by atoms with van der Waals surface area (Å²) in [5.41, 5.74) is 8.20. The van der Waals surface area contributed by atoms with E-state index in [-0.39, 0.29) is 22.1 Å². The van der Waals surface area contributed by atoms with Crippen LogP contribution in [0.2, 0.25) is 5.02 Å². The molecule has 1 amide bonds. The normalized spacial score (nSPS) is 12.5. The highest BCUT2D eigenvalue weighted by Gasteiger charge is 2.31. The number of nitrogens with one attached hydrogen (secondary N) is 1. The van der Waals surface area contributed by atoms with Gasteiger partial charge in [-0.05, 0) is 42.8 Å². The zero-order valence-corrected chi connectivity index (χ0v) is 18.1. The van der Waals surface area contributed by atoms with Crippen LogP contribution in [-0.2, 0) is 4.79 Å². The topological polar surface area (TPSA) is 128 Å². The third-order valence-corrected chi connectivity index (χ3v) is 5.06. The molecule has 9 nitrogen and oxygen atoms in total. The minimum Gasteiger partial charge on any atom is -0.406 e. The Bertz CT molecular complexity index is 1390. The molecule has 0 saturated heterocycles. The third-order valence-electron chi connectivity index (χ3n) is 4.75. The van der Waals surface area contributed by atoms with Crippen LogP contribution in [0.3, 0.4) is 0 Å². The molecule has 0 spiro atoms. The third kappa shape index (κ3) is 4.72. The SMILES string of the molecule is Cc1nn(-c2ccc(NC(=O)[C@H](O)c3cccc(OC(F)(F)F)c3)cc2Cl)c2c(N)ncnc12. The lowest BCUT2D eigenvalue weighted by Crippen LogP contribution is -2.21. The number of hydrogen-bond donors (Lipinski definition) is 3. The van der Waals surface area contributed by atoms with E-state index < -0.39 is 24.1 Å². The van der Waals surface area contributed by atoms with E-state index in [0.29, 0.717) is 22.4 Å². The van der Waals surface area contributed by atoms with E-state index in [9.17, 15) is 23.1 Å². The predicted octanol–water partition coefficient (Wildman–Crippen LogP) is 3.93. The van der Waals surface area contributed by atoms with Crippen molar-refractivity contribution in [2.75, 3.05) is 11.1 Å². The fourth-order valence-electron chi connectivity index (χ4n) is 3.29. The van der Waals surface area contributed by atoms with E-state index in [1.807, 2.05) is 0 Å². The summed E-state index contributed by atoms with van der Waals surface area (Å²) in [6.07, 6.45) is -5.34. The maximum Gasteiger partial charge on any atom is 0.573 e. The van der Waals surface area contributed by atoms with Crippen LogP contribution >= 0.6 is 11.6 Å². The fraction of sp³-hybridized carbons (Fsp3) is 0.143. The number of nitrogens with two attached hydrogens (primary N) is 1. The van der Waals surface area contributed by atoms with E-state index in [4.69, 9.17) is 17.3 Å². The van der Waals surface area contributed by atoms with Gasteiger partial charge in [0.05, 0.1) is 16.4 Å². The Labute approximate surface area is 194 Å². The van der Waals surface area contributed by atoms with E-state index in [0.717, 1.165) is 12.1 Å². The van der Waals surface area contributed by atoms with Crippen LogP contribution in [0.1, 0.15) is 17.4 Å². The number of nitrogens with zero attached hydrogens (tertiary/aromatic N) is 4. The van der Waals surface area contributed by atoms with Crippen molar-refractivity contribution in [1.29, 1.82) is 0 Å². The second-order valence-electron chi connectivity index (χ2n) is 7.13. The average Bonchev–Trinajstić information content (AvgIpc) is 3.10. The fourth-order valence-corrected chi connectivity index (χ4v) is 3.55. The van der Waals surface area contributed by atoms with Crippen molar-refractivity contribution in [2.24, 2.45) is 0 Å². The van der Waals surface area contributed by atoms with Crippen LogP contribution in [0.25, 0.3) is 16.7 Å². The van der Waals surface area contributed by atoms with Gasteiger partial charge in [-0.1, -0.05) is 23.7 Å². The number of ether oxygens (including phenoxy) is 1. The predicted molar refractivity (Wildman–Crippen MR) is 118 cm³/mol. The largest absolute Gasteiger partial charge is 0.573 e. The summed E-state index contributed by atoms with van der Waals surface area (Å²) < 4.78 is 42.6. The highest BCUT2D eigenvalue weighted by atomic mass is 35.5. The summed E-state index contributed by atoms with van der Waals surface area (Å²) in [4.78, 5) is 20.6. The Kier molecular flexibility index (Phi) is 6.02. The molecular formula is C21H16ClF3N6O3. The van der Waals surface area contributed by atoms with Gasteiger partial charge in [0.25, 0.3) is 5.91 Å². The van der Waals surface area contributed by atoms with Crippen LogP contribution in [0.5, 0.6) is 5.75 Å². The first-order chi connectivity index (χ1) is 16.0. The number of rotatable bonds is 5. The van der Waals surface area contributed by atoms with E-state index in [1.54, 1.807) is 13.0 Å². The zero-order valence-electron chi connectivity index (χ0n) is 17.3. The molecule has 0 bridgehead atoms. The van der Waals surface area contributed by atoms with Crippen LogP contribution in [-0.4, -0.2) is 37.1 Å². The first-order valence-corrected chi connectivity index (χ1v) is 10.0. The van der Waals surface area contributed by atoms with Gasteiger partial charge in [-0.25, -0.2) is 14.6 Å². The van der Waals surface area contributed by atoms with Gasteiger partial charge in [0.2, 0.25) is 0 Å². The monoisotopic (exact) mass is 492 g/mol. The first-order valence-electron chi connectivity index (χ1n) is 9.64. The number of aliphatic hydroxyl groups excluding tert-OH is 1. The smallest absolute Gasteiger partial charge is 0.406 e. The second-order valence-corrected chi connectivity index (χ2v) is 7.54. The first kappa shape index (κ1) is 23.3. The Hall–Kier alpha value is -3.90. The van der Waals surface area contributed by atoms with Crippen molar-refractivity contribution in [2.45, 2.75) is 19.4 Å². The number of alkyl halides is 3. The van der Waals surface area contributed by atoms with Crippen LogP contribution < -0.4 is 15.8 Å². The van der Waals surface area contributed by atoms with Gasteiger partial charge in [-0.3, -0.25) is 4.79 Å². The van der Waals surface area contributed by atoms with E-state index in [2.05, 4.69) is 25.1 Å². The molecule has 176 valence electrons. The molecule has 4 aromatic rings. The summed E-state index contributed by atoms with van der Waals surface area (Å²) in [7, 11) is 0. The Morgan fingerprint density at radius 2 is 2.00 bits per heavy atom. The highest BCUT2D eigenvalue weighted by molar-refractivity contribution is 6.32. The van der Waals surface area contributed by atoms with Crippen LogP contribution in [0, 0.1) is 6.92 Å². The lowest BCUT2D eigenvalue weighted by Gasteiger charge is -2.15. The number of anilines is 2. The van der Waals surface area contributed by atoms with Crippen molar-refractivity contribution in [3.8, 4) is 11.4 Å². The molecule has 0 aliphatic heterocycles. The zero-order chi connectivity index (χ0) is 24.6. The number of benzene rings is 2. The quantitative estimate of drug-likeness (QED) is 0.385. The molecule has 13 heteroatoms. The molecule has 4 rings (SSSR count). The van der Waals surface area contributed by atoms with Crippen molar-refractivity contribution in [3.63, 3.8) is 0 Å². The number of carbonyl (C=O) groups is 1. The van der Waals surface area contributed by atoms with Gasteiger partial charge >= 0.3 is 6.36 Å². The molecule has 0 fully saturated rings.